The van der Waals surface area contributed by atoms with Gasteiger partial charge in [0.2, 0.25) is 0 Å². The minimum atomic E-state index is -0.141. The van der Waals surface area contributed by atoms with Crippen LogP contribution in [0.3, 0.4) is 0 Å². The predicted molar refractivity (Wildman–Crippen MR) is 81.7 cm³/mol. The number of benzene rings is 1. The zero-order chi connectivity index (χ0) is 14.1. The van der Waals surface area contributed by atoms with Crippen LogP contribution in [0, 0.1) is 6.92 Å². The van der Waals surface area contributed by atoms with Crippen molar-refractivity contribution < 1.29 is 4.79 Å². The van der Waals surface area contributed by atoms with E-state index < -0.39 is 0 Å². The van der Waals surface area contributed by atoms with Gasteiger partial charge in [0, 0.05) is 35.0 Å². The second-order valence-electron chi connectivity index (χ2n) is 4.73. The van der Waals surface area contributed by atoms with Gasteiger partial charge in [-0.15, -0.1) is 11.3 Å². The van der Waals surface area contributed by atoms with E-state index in [0.717, 1.165) is 30.8 Å². The van der Waals surface area contributed by atoms with Crippen LogP contribution in [0.25, 0.3) is 0 Å². The number of hydrogen-bond acceptors (Lipinski definition) is 4. The van der Waals surface area contributed by atoms with Crippen LogP contribution in [0.2, 0.25) is 5.02 Å². The smallest absolute Gasteiger partial charge is 0.257 e. The molecule has 0 saturated heterocycles. The first-order chi connectivity index (χ1) is 9.63. The van der Waals surface area contributed by atoms with Crippen LogP contribution in [0.1, 0.15) is 26.5 Å². The van der Waals surface area contributed by atoms with Gasteiger partial charge in [-0.25, -0.2) is 4.98 Å². The first-order valence-corrected chi connectivity index (χ1v) is 7.60. The maximum Gasteiger partial charge on any atom is 0.257 e. The van der Waals surface area contributed by atoms with Crippen LogP contribution in [-0.4, -0.2) is 17.4 Å². The number of nitrogens with zero attached hydrogens (tertiary/aromatic N) is 1. The van der Waals surface area contributed by atoms with Gasteiger partial charge in [-0.1, -0.05) is 11.6 Å². The third-order valence-electron chi connectivity index (χ3n) is 3.26. The number of aromatic nitrogens is 1. The predicted octanol–water partition coefficient (Wildman–Crippen LogP) is 3.00. The van der Waals surface area contributed by atoms with Crippen LogP contribution in [0.15, 0.2) is 18.2 Å². The van der Waals surface area contributed by atoms with E-state index in [-0.39, 0.29) is 5.91 Å². The number of carbonyl (C=O) groups is 1. The minimum absolute atomic E-state index is 0.141. The molecule has 3 rings (SSSR count). The number of amides is 1. The Labute approximate surface area is 126 Å². The van der Waals surface area contributed by atoms with Crippen molar-refractivity contribution in [2.75, 3.05) is 11.9 Å². The lowest BCUT2D eigenvalue weighted by Crippen LogP contribution is -2.22. The molecule has 1 aromatic carbocycles. The number of rotatable bonds is 2. The molecule has 0 fully saturated rings. The first kappa shape index (κ1) is 13.5. The molecule has 20 heavy (non-hydrogen) atoms. The van der Waals surface area contributed by atoms with Crippen LogP contribution in [0.5, 0.6) is 0 Å². The number of carbonyl (C=O) groups excluding carboxylic acids is 1. The van der Waals surface area contributed by atoms with Crippen LogP contribution in [0.4, 0.5) is 5.13 Å². The third-order valence-corrected chi connectivity index (χ3v) is 4.50. The Morgan fingerprint density at radius 2 is 2.35 bits per heavy atom. The number of anilines is 1. The van der Waals surface area contributed by atoms with E-state index in [4.69, 9.17) is 11.6 Å². The lowest BCUT2D eigenvalue weighted by atomic mass is 10.1. The van der Waals surface area contributed by atoms with Crippen molar-refractivity contribution in [1.29, 1.82) is 0 Å². The van der Waals surface area contributed by atoms with Gasteiger partial charge in [0.15, 0.2) is 5.13 Å². The Balaban J connectivity index is 1.80. The number of hydrogen-bond donors (Lipinski definition) is 2. The fourth-order valence-electron chi connectivity index (χ4n) is 2.23. The number of nitrogens with one attached hydrogen (secondary N) is 2. The molecule has 0 unspecified atom stereocenters. The van der Waals surface area contributed by atoms with E-state index in [0.29, 0.717) is 15.7 Å². The molecule has 1 aliphatic heterocycles. The Kier molecular flexibility index (Phi) is 3.74. The molecule has 0 radical (unpaired) electrons. The fraction of sp³-hybridized carbons (Fsp3) is 0.286. The molecule has 4 nitrogen and oxygen atoms in total. The van der Waals surface area contributed by atoms with E-state index in [2.05, 4.69) is 15.6 Å². The van der Waals surface area contributed by atoms with Crippen molar-refractivity contribution in [3.63, 3.8) is 0 Å². The van der Waals surface area contributed by atoms with Crippen molar-refractivity contribution in [3.8, 4) is 0 Å². The first-order valence-electron chi connectivity index (χ1n) is 6.40. The van der Waals surface area contributed by atoms with Crippen molar-refractivity contribution in [1.82, 2.24) is 10.3 Å². The van der Waals surface area contributed by atoms with E-state index in [1.807, 2.05) is 6.92 Å². The van der Waals surface area contributed by atoms with Crippen LogP contribution in [-0.2, 0) is 13.0 Å². The van der Waals surface area contributed by atoms with Crippen molar-refractivity contribution in [2.24, 2.45) is 0 Å². The highest BCUT2D eigenvalue weighted by Crippen LogP contribution is 2.26. The van der Waals surface area contributed by atoms with Gasteiger partial charge in [0.05, 0.1) is 5.69 Å². The zero-order valence-electron chi connectivity index (χ0n) is 11.0. The highest BCUT2D eigenvalue weighted by atomic mass is 35.5. The molecule has 1 aliphatic rings. The molecular formula is C14H14ClN3OS. The summed E-state index contributed by atoms with van der Waals surface area (Å²) >= 11 is 7.44. The van der Waals surface area contributed by atoms with Gasteiger partial charge < -0.3 is 5.32 Å². The fourth-order valence-corrected chi connectivity index (χ4v) is 3.42. The van der Waals surface area contributed by atoms with Gasteiger partial charge >= 0.3 is 0 Å². The maximum atomic E-state index is 12.3. The molecule has 0 bridgehead atoms. The summed E-state index contributed by atoms with van der Waals surface area (Å²) in [4.78, 5) is 17.9. The molecule has 1 aromatic heterocycles. The normalized spacial score (nSPS) is 13.9. The molecule has 0 spiro atoms. The van der Waals surface area contributed by atoms with Gasteiger partial charge in [0.25, 0.3) is 5.91 Å². The largest absolute Gasteiger partial charge is 0.311 e. The number of aryl methyl sites for hydroxylation is 1. The van der Waals surface area contributed by atoms with E-state index in [1.165, 1.54) is 16.2 Å². The SMILES string of the molecule is Cc1cc(Cl)ccc1C(=O)Nc1nc2c(s1)CNCC2. The zero-order valence-corrected chi connectivity index (χ0v) is 12.6. The summed E-state index contributed by atoms with van der Waals surface area (Å²) in [6.07, 6.45) is 0.918. The number of thiazole rings is 1. The molecule has 6 heteroatoms. The third kappa shape index (κ3) is 2.70. The Morgan fingerprint density at radius 3 is 3.10 bits per heavy atom. The van der Waals surface area contributed by atoms with E-state index >= 15 is 0 Å². The Morgan fingerprint density at radius 1 is 1.50 bits per heavy atom. The van der Waals surface area contributed by atoms with Gasteiger partial charge in [-0.05, 0) is 30.7 Å². The average Bonchev–Trinajstić information content (AvgIpc) is 2.80. The summed E-state index contributed by atoms with van der Waals surface area (Å²) in [7, 11) is 0. The van der Waals surface area contributed by atoms with Crippen molar-refractivity contribution in [2.45, 2.75) is 19.9 Å². The summed E-state index contributed by atoms with van der Waals surface area (Å²) in [5, 5.41) is 7.47. The second-order valence-corrected chi connectivity index (χ2v) is 6.25. The maximum absolute atomic E-state index is 12.3. The molecule has 0 aliphatic carbocycles. The molecule has 104 valence electrons. The van der Waals surface area contributed by atoms with Gasteiger partial charge in [-0.2, -0.15) is 0 Å². The highest BCUT2D eigenvalue weighted by Gasteiger charge is 2.17. The summed E-state index contributed by atoms with van der Waals surface area (Å²) in [5.41, 5.74) is 2.58. The average molecular weight is 308 g/mol. The summed E-state index contributed by atoms with van der Waals surface area (Å²) in [5.74, 6) is -0.141. The summed E-state index contributed by atoms with van der Waals surface area (Å²) < 4.78 is 0. The van der Waals surface area contributed by atoms with E-state index in [1.54, 1.807) is 18.2 Å². The highest BCUT2D eigenvalue weighted by molar-refractivity contribution is 7.15. The topological polar surface area (TPSA) is 54.0 Å². The second kappa shape index (κ2) is 5.52. The van der Waals surface area contributed by atoms with Crippen molar-refractivity contribution in [3.05, 3.63) is 44.9 Å². The number of halogens is 1. The van der Waals surface area contributed by atoms with Crippen LogP contribution >= 0.6 is 22.9 Å². The Hall–Kier alpha value is -1.43. The Bertz CT molecular complexity index is 645. The van der Waals surface area contributed by atoms with E-state index in [9.17, 15) is 4.79 Å². The number of fused-ring (bicyclic) bond motifs is 1. The van der Waals surface area contributed by atoms with Crippen LogP contribution < -0.4 is 10.6 Å². The lowest BCUT2D eigenvalue weighted by Gasteiger charge is -2.09. The quantitative estimate of drug-likeness (QED) is 0.897. The van der Waals surface area contributed by atoms with Gasteiger partial charge in [0.1, 0.15) is 0 Å². The molecule has 1 amide bonds. The van der Waals surface area contributed by atoms with Gasteiger partial charge in [-0.3, -0.25) is 10.1 Å². The molecule has 2 N–H and O–H groups in total. The molecule has 0 saturated carbocycles. The standard InChI is InChI=1S/C14H14ClN3OS/c1-8-6-9(15)2-3-10(8)13(19)18-14-17-11-4-5-16-7-12(11)20-14/h2-3,6,16H,4-5,7H2,1H3,(H,17,18,19). The summed E-state index contributed by atoms with van der Waals surface area (Å²) in [6, 6.07) is 5.25. The minimum Gasteiger partial charge on any atom is -0.311 e. The molecular weight excluding hydrogens is 294 g/mol. The van der Waals surface area contributed by atoms with Crippen molar-refractivity contribution >= 4 is 34.0 Å². The molecule has 0 atom stereocenters. The lowest BCUT2D eigenvalue weighted by molar-refractivity contribution is 0.102. The molecule has 2 aromatic rings. The monoisotopic (exact) mass is 307 g/mol. The summed E-state index contributed by atoms with van der Waals surface area (Å²) in [6.45, 7) is 3.65. The molecule has 2 heterocycles.